The van der Waals surface area contributed by atoms with Crippen LogP contribution in [0.3, 0.4) is 0 Å². The maximum absolute atomic E-state index is 13.9. The summed E-state index contributed by atoms with van der Waals surface area (Å²) in [6.45, 7) is 5.47. The maximum atomic E-state index is 13.9. The lowest BCUT2D eigenvalue weighted by molar-refractivity contribution is -0.139. The third kappa shape index (κ3) is 7.74. The number of aryl methyl sites for hydroxylation is 1. The number of anilines is 1. The van der Waals surface area contributed by atoms with Crippen molar-refractivity contribution in [2.75, 3.05) is 24.5 Å². The molecular weight excluding hydrogens is 538 g/mol. The number of sulfonamides is 1. The molecule has 0 saturated heterocycles. The summed E-state index contributed by atoms with van der Waals surface area (Å²) >= 11 is 6.03. The normalized spacial score (nSPS) is 11.9. The molecule has 1 atom stereocenters. The Balaban J connectivity index is 2.01. The summed E-state index contributed by atoms with van der Waals surface area (Å²) < 4.78 is 33.9. The van der Waals surface area contributed by atoms with Crippen molar-refractivity contribution in [2.24, 2.45) is 0 Å². The van der Waals surface area contributed by atoms with E-state index in [0.717, 1.165) is 21.9 Å². The van der Waals surface area contributed by atoms with Gasteiger partial charge in [0.2, 0.25) is 11.8 Å². The van der Waals surface area contributed by atoms with Gasteiger partial charge in [-0.05, 0) is 74.4 Å². The first kappa shape index (κ1) is 30.0. The summed E-state index contributed by atoms with van der Waals surface area (Å²) in [6.07, 6.45) is 0.740. The van der Waals surface area contributed by atoms with Gasteiger partial charge in [0.05, 0.1) is 17.7 Å². The highest BCUT2D eigenvalue weighted by molar-refractivity contribution is 7.92. The Labute approximate surface area is 235 Å². The molecule has 39 heavy (non-hydrogen) atoms. The molecule has 0 aliphatic rings. The van der Waals surface area contributed by atoms with Crippen molar-refractivity contribution in [3.05, 3.63) is 88.9 Å². The molecule has 0 heterocycles. The first-order valence-electron chi connectivity index (χ1n) is 12.6. The van der Waals surface area contributed by atoms with Crippen LogP contribution in [0.15, 0.2) is 77.7 Å². The van der Waals surface area contributed by atoms with E-state index in [0.29, 0.717) is 23.0 Å². The molecule has 3 rings (SSSR count). The second kappa shape index (κ2) is 13.5. The number of rotatable bonds is 12. The number of carbonyl (C=O) groups is 2. The predicted molar refractivity (Wildman–Crippen MR) is 153 cm³/mol. The van der Waals surface area contributed by atoms with Crippen LogP contribution in [0.4, 0.5) is 5.69 Å². The van der Waals surface area contributed by atoms with Gasteiger partial charge in [-0.15, -0.1) is 0 Å². The molecule has 0 saturated carbocycles. The summed E-state index contributed by atoms with van der Waals surface area (Å²) in [6, 6.07) is 18.9. The summed E-state index contributed by atoms with van der Waals surface area (Å²) in [5.74, 6) is -0.310. The van der Waals surface area contributed by atoms with Crippen LogP contribution in [0.2, 0.25) is 5.02 Å². The third-order valence-corrected chi connectivity index (χ3v) is 8.27. The zero-order chi connectivity index (χ0) is 28.6. The lowest BCUT2D eigenvalue weighted by Gasteiger charge is -2.32. The number of hydrogen-bond donors (Lipinski definition) is 1. The van der Waals surface area contributed by atoms with Crippen molar-refractivity contribution in [1.82, 2.24) is 10.2 Å². The van der Waals surface area contributed by atoms with Crippen molar-refractivity contribution < 1.29 is 22.7 Å². The van der Waals surface area contributed by atoms with Crippen LogP contribution in [0.1, 0.15) is 31.4 Å². The Hall–Kier alpha value is -3.56. The molecule has 0 aromatic heterocycles. The van der Waals surface area contributed by atoms with Gasteiger partial charge in [-0.2, -0.15) is 0 Å². The predicted octanol–water partition coefficient (Wildman–Crippen LogP) is 4.80. The molecule has 208 valence electrons. The van der Waals surface area contributed by atoms with Gasteiger partial charge >= 0.3 is 0 Å². The van der Waals surface area contributed by atoms with E-state index in [1.54, 1.807) is 67.6 Å². The highest BCUT2D eigenvalue weighted by Crippen LogP contribution is 2.27. The third-order valence-electron chi connectivity index (χ3n) is 6.23. The number of ether oxygens (including phenoxy) is 1. The lowest BCUT2D eigenvalue weighted by Crippen LogP contribution is -2.51. The SMILES string of the molecule is CCCNC(=O)[C@@H](C)N(Cc1ccc(Cl)cc1)C(=O)CN(c1ccc(OC)cc1)S(=O)(=O)c1ccc(C)cc1. The molecule has 0 spiro atoms. The topological polar surface area (TPSA) is 96.0 Å². The number of hydrogen-bond acceptors (Lipinski definition) is 5. The molecule has 0 aliphatic heterocycles. The van der Waals surface area contributed by atoms with E-state index in [1.165, 1.54) is 24.1 Å². The molecule has 1 N–H and O–H groups in total. The van der Waals surface area contributed by atoms with Crippen LogP contribution >= 0.6 is 11.6 Å². The monoisotopic (exact) mass is 571 g/mol. The Morgan fingerprint density at radius 2 is 1.59 bits per heavy atom. The number of benzene rings is 3. The molecule has 10 heteroatoms. The molecule has 0 fully saturated rings. The average molecular weight is 572 g/mol. The lowest BCUT2D eigenvalue weighted by atomic mass is 10.1. The smallest absolute Gasteiger partial charge is 0.264 e. The standard InChI is InChI=1S/C29H34ClN3O5S/c1-5-18-31-29(35)22(3)32(19-23-8-10-24(30)11-9-23)28(34)20-33(25-12-14-26(38-4)15-13-25)39(36,37)27-16-6-21(2)7-17-27/h6-17,22H,5,18-20H2,1-4H3,(H,31,35)/t22-/m1/s1. The van der Waals surface area contributed by atoms with E-state index in [4.69, 9.17) is 16.3 Å². The molecule has 3 aromatic carbocycles. The number of methoxy groups -OCH3 is 1. The van der Waals surface area contributed by atoms with Gasteiger partial charge in [0.15, 0.2) is 0 Å². The quantitative estimate of drug-likeness (QED) is 0.337. The van der Waals surface area contributed by atoms with Crippen LogP contribution in [0, 0.1) is 6.92 Å². The van der Waals surface area contributed by atoms with Crippen LogP contribution in [0.25, 0.3) is 0 Å². The number of halogens is 1. The fourth-order valence-electron chi connectivity index (χ4n) is 3.88. The van der Waals surface area contributed by atoms with Gasteiger partial charge in [0, 0.05) is 18.1 Å². The summed E-state index contributed by atoms with van der Waals surface area (Å²) in [4.78, 5) is 28.2. The Morgan fingerprint density at radius 1 is 0.974 bits per heavy atom. The minimum atomic E-state index is -4.13. The molecule has 2 amide bonds. The van der Waals surface area contributed by atoms with Gasteiger partial charge in [-0.25, -0.2) is 8.42 Å². The summed E-state index contributed by atoms with van der Waals surface area (Å²) in [5.41, 5.74) is 1.95. The van der Waals surface area contributed by atoms with Crippen LogP contribution in [-0.4, -0.2) is 51.4 Å². The zero-order valence-electron chi connectivity index (χ0n) is 22.6. The van der Waals surface area contributed by atoms with Gasteiger partial charge < -0.3 is 15.0 Å². The highest BCUT2D eigenvalue weighted by Gasteiger charge is 2.32. The molecule has 0 radical (unpaired) electrons. The van der Waals surface area contributed by atoms with Crippen molar-refractivity contribution in [3.63, 3.8) is 0 Å². The largest absolute Gasteiger partial charge is 0.497 e. The van der Waals surface area contributed by atoms with Crippen LogP contribution in [0.5, 0.6) is 5.75 Å². The Morgan fingerprint density at radius 3 is 2.15 bits per heavy atom. The molecule has 3 aromatic rings. The van der Waals surface area contributed by atoms with E-state index >= 15 is 0 Å². The van der Waals surface area contributed by atoms with E-state index < -0.39 is 28.5 Å². The highest BCUT2D eigenvalue weighted by atomic mass is 35.5. The van der Waals surface area contributed by atoms with E-state index in [-0.39, 0.29) is 17.3 Å². The molecule has 0 aliphatic carbocycles. The van der Waals surface area contributed by atoms with Crippen molar-refractivity contribution in [3.8, 4) is 5.75 Å². The number of amides is 2. The molecular formula is C29H34ClN3O5S. The number of nitrogens with zero attached hydrogens (tertiary/aromatic N) is 2. The molecule has 0 unspecified atom stereocenters. The van der Waals surface area contributed by atoms with Crippen molar-refractivity contribution >= 4 is 39.1 Å². The first-order chi connectivity index (χ1) is 18.6. The molecule has 8 nitrogen and oxygen atoms in total. The van der Waals surface area contributed by atoms with Crippen LogP contribution in [-0.2, 0) is 26.2 Å². The minimum Gasteiger partial charge on any atom is -0.497 e. The Kier molecular flexibility index (Phi) is 10.4. The van der Waals surface area contributed by atoms with E-state index in [2.05, 4.69) is 5.32 Å². The van der Waals surface area contributed by atoms with Crippen molar-refractivity contribution in [1.29, 1.82) is 0 Å². The minimum absolute atomic E-state index is 0.0507. The maximum Gasteiger partial charge on any atom is 0.264 e. The van der Waals surface area contributed by atoms with Gasteiger partial charge in [-0.1, -0.05) is 48.4 Å². The average Bonchev–Trinajstić information content (AvgIpc) is 2.94. The second-order valence-corrected chi connectivity index (χ2v) is 11.4. The fourth-order valence-corrected chi connectivity index (χ4v) is 5.42. The van der Waals surface area contributed by atoms with E-state index in [1.807, 2.05) is 13.8 Å². The summed E-state index contributed by atoms with van der Waals surface area (Å²) in [5, 5.41) is 3.36. The fraction of sp³-hybridized carbons (Fsp3) is 0.310. The summed E-state index contributed by atoms with van der Waals surface area (Å²) in [7, 11) is -2.62. The van der Waals surface area contributed by atoms with Gasteiger partial charge in [0.1, 0.15) is 18.3 Å². The first-order valence-corrected chi connectivity index (χ1v) is 14.4. The zero-order valence-corrected chi connectivity index (χ0v) is 24.1. The van der Waals surface area contributed by atoms with Gasteiger partial charge in [0.25, 0.3) is 10.0 Å². The van der Waals surface area contributed by atoms with E-state index in [9.17, 15) is 18.0 Å². The van der Waals surface area contributed by atoms with Crippen LogP contribution < -0.4 is 14.4 Å². The Bertz CT molecular complexity index is 1360. The number of nitrogens with one attached hydrogen (secondary N) is 1. The van der Waals surface area contributed by atoms with Gasteiger partial charge in [-0.3, -0.25) is 13.9 Å². The molecule has 0 bridgehead atoms. The number of carbonyl (C=O) groups excluding carboxylic acids is 2. The second-order valence-electron chi connectivity index (χ2n) is 9.14. The van der Waals surface area contributed by atoms with Crippen molar-refractivity contribution in [2.45, 2.75) is 44.7 Å².